The first-order valence-corrected chi connectivity index (χ1v) is 10.2. The van der Waals surface area contributed by atoms with Crippen molar-refractivity contribution >= 4 is 21.6 Å². The van der Waals surface area contributed by atoms with Crippen molar-refractivity contribution in [1.82, 2.24) is 5.43 Å². The van der Waals surface area contributed by atoms with Gasteiger partial charge in [0.1, 0.15) is 5.75 Å². The van der Waals surface area contributed by atoms with Crippen LogP contribution in [0.5, 0.6) is 5.75 Å². The van der Waals surface area contributed by atoms with Crippen LogP contribution >= 0.6 is 0 Å². The fourth-order valence-corrected chi connectivity index (χ4v) is 3.85. The van der Waals surface area contributed by atoms with Gasteiger partial charge in [-0.25, -0.2) is 5.43 Å². The van der Waals surface area contributed by atoms with Crippen molar-refractivity contribution in [2.24, 2.45) is 0 Å². The maximum Gasteiger partial charge on any atom is 0.281 e. The molecule has 3 aromatic rings. The van der Waals surface area contributed by atoms with Crippen molar-refractivity contribution < 1.29 is 17.9 Å². The lowest BCUT2D eigenvalue weighted by Gasteiger charge is -2.25. The lowest BCUT2D eigenvalue weighted by atomic mass is 10.2. The molecule has 0 fully saturated rings. The maximum atomic E-state index is 13.2. The van der Waals surface area contributed by atoms with E-state index in [1.807, 2.05) is 6.92 Å². The summed E-state index contributed by atoms with van der Waals surface area (Å²) in [4.78, 5) is 12.6. The number of anilines is 1. The first-order chi connectivity index (χ1) is 13.5. The monoisotopic (exact) mass is 396 g/mol. The summed E-state index contributed by atoms with van der Waals surface area (Å²) in [5.41, 5.74) is 3.18. The van der Waals surface area contributed by atoms with Crippen LogP contribution in [0.4, 0.5) is 5.69 Å². The highest BCUT2D eigenvalue weighted by molar-refractivity contribution is 7.92. The summed E-state index contributed by atoms with van der Waals surface area (Å²) in [6, 6.07) is 22.9. The van der Waals surface area contributed by atoms with Gasteiger partial charge >= 0.3 is 0 Å². The Labute approximate surface area is 164 Å². The Bertz CT molecular complexity index is 1020. The van der Waals surface area contributed by atoms with Gasteiger partial charge in [-0.3, -0.25) is 4.79 Å². The molecule has 28 heavy (non-hydrogen) atoms. The summed E-state index contributed by atoms with van der Waals surface area (Å²) in [7, 11) is -4.04. The molecule has 0 spiro atoms. The van der Waals surface area contributed by atoms with Gasteiger partial charge in [0.05, 0.1) is 17.2 Å². The number of sulfonamides is 1. The Morgan fingerprint density at radius 3 is 2.04 bits per heavy atom. The van der Waals surface area contributed by atoms with Crippen LogP contribution in [0.2, 0.25) is 0 Å². The number of carbonyl (C=O) groups excluding carboxylic acids is 1. The van der Waals surface area contributed by atoms with E-state index in [4.69, 9.17) is 4.74 Å². The minimum Gasteiger partial charge on any atom is -0.494 e. The van der Waals surface area contributed by atoms with Crippen molar-refractivity contribution in [3.63, 3.8) is 0 Å². The summed E-state index contributed by atoms with van der Waals surface area (Å²) in [6.07, 6.45) is 0. The standard InChI is InChI=1S/C21H20N2O4S/c1-2-27-19-13-15-20(16-14-19)28(25,26)23(18-11-7-4-8-12-18)22-21(24)17-9-5-3-6-10-17/h3-16H,2H2,1H3,(H,22,24). The molecule has 0 bridgehead atoms. The molecule has 144 valence electrons. The molecule has 3 rings (SSSR count). The molecule has 0 heterocycles. The van der Waals surface area contributed by atoms with Crippen molar-refractivity contribution in [3.8, 4) is 5.75 Å². The molecule has 0 radical (unpaired) electrons. The molecule has 0 aliphatic carbocycles. The van der Waals surface area contributed by atoms with Gasteiger partial charge in [-0.1, -0.05) is 36.4 Å². The third kappa shape index (κ3) is 4.32. The number of nitrogens with zero attached hydrogens (tertiary/aromatic N) is 1. The number of ether oxygens (including phenoxy) is 1. The average Bonchev–Trinajstić information content (AvgIpc) is 2.73. The Hall–Kier alpha value is -3.32. The van der Waals surface area contributed by atoms with E-state index < -0.39 is 15.9 Å². The van der Waals surface area contributed by atoms with Crippen molar-refractivity contribution in [1.29, 1.82) is 0 Å². The van der Waals surface area contributed by atoms with Crippen LogP contribution in [0.3, 0.4) is 0 Å². The number of nitrogens with one attached hydrogen (secondary N) is 1. The molecule has 0 atom stereocenters. The Morgan fingerprint density at radius 2 is 1.46 bits per heavy atom. The molecule has 0 saturated carbocycles. The largest absolute Gasteiger partial charge is 0.494 e. The number of hydrogen-bond acceptors (Lipinski definition) is 4. The molecule has 0 aromatic heterocycles. The Kier molecular flexibility index (Phi) is 5.96. The quantitative estimate of drug-likeness (QED) is 0.619. The Balaban J connectivity index is 1.97. The third-order valence-corrected chi connectivity index (χ3v) is 5.55. The second-order valence-electron chi connectivity index (χ2n) is 5.82. The molecule has 7 heteroatoms. The zero-order chi connectivity index (χ0) is 20.0. The van der Waals surface area contributed by atoms with Crippen molar-refractivity contribution in [3.05, 3.63) is 90.5 Å². The highest BCUT2D eigenvalue weighted by atomic mass is 32.2. The number of rotatable bonds is 7. The first-order valence-electron chi connectivity index (χ1n) is 8.71. The minimum absolute atomic E-state index is 0.0353. The third-order valence-electron chi connectivity index (χ3n) is 3.90. The number of carbonyl (C=O) groups is 1. The maximum absolute atomic E-state index is 13.2. The van der Waals surface area contributed by atoms with Gasteiger partial charge in [0, 0.05) is 5.56 Å². The van der Waals surface area contributed by atoms with Crippen LogP contribution in [-0.4, -0.2) is 20.9 Å². The van der Waals surface area contributed by atoms with Gasteiger partial charge in [-0.05, 0) is 55.5 Å². The van der Waals surface area contributed by atoms with E-state index in [-0.39, 0.29) is 4.90 Å². The highest BCUT2D eigenvalue weighted by Crippen LogP contribution is 2.24. The van der Waals surface area contributed by atoms with Gasteiger partial charge in [0.2, 0.25) is 0 Å². The number of amides is 1. The van der Waals surface area contributed by atoms with Gasteiger partial charge in [0.25, 0.3) is 15.9 Å². The molecule has 1 N–H and O–H groups in total. The second kappa shape index (κ2) is 8.58. The number of hydrogen-bond donors (Lipinski definition) is 1. The van der Waals surface area contributed by atoms with E-state index >= 15 is 0 Å². The minimum atomic E-state index is -4.04. The summed E-state index contributed by atoms with van der Waals surface area (Å²) in [6.45, 7) is 2.33. The topological polar surface area (TPSA) is 75.7 Å². The zero-order valence-electron chi connectivity index (χ0n) is 15.3. The van der Waals surface area contributed by atoms with Crippen LogP contribution in [-0.2, 0) is 10.0 Å². The molecular formula is C21H20N2O4S. The van der Waals surface area contributed by atoms with E-state index in [0.717, 1.165) is 4.41 Å². The van der Waals surface area contributed by atoms with E-state index in [9.17, 15) is 13.2 Å². The summed E-state index contributed by atoms with van der Waals surface area (Å²) >= 11 is 0. The number of hydrazine groups is 1. The summed E-state index contributed by atoms with van der Waals surface area (Å²) < 4.78 is 32.7. The van der Waals surface area contributed by atoms with Crippen LogP contribution in [0.1, 0.15) is 17.3 Å². The van der Waals surface area contributed by atoms with Gasteiger partial charge in [-0.15, -0.1) is 0 Å². The van der Waals surface area contributed by atoms with Gasteiger partial charge in [-0.2, -0.15) is 12.8 Å². The first kappa shape index (κ1) is 19.4. The Morgan fingerprint density at radius 1 is 0.893 bits per heavy atom. The molecule has 6 nitrogen and oxygen atoms in total. The van der Waals surface area contributed by atoms with Gasteiger partial charge < -0.3 is 4.74 Å². The molecule has 3 aromatic carbocycles. The summed E-state index contributed by atoms with van der Waals surface area (Å²) in [5.74, 6) is 0.0417. The fourth-order valence-electron chi connectivity index (χ4n) is 2.55. The zero-order valence-corrected chi connectivity index (χ0v) is 16.1. The fraction of sp³-hybridized carbons (Fsp3) is 0.0952. The van der Waals surface area contributed by atoms with E-state index in [2.05, 4.69) is 5.43 Å². The van der Waals surface area contributed by atoms with Crippen molar-refractivity contribution in [2.45, 2.75) is 11.8 Å². The predicted molar refractivity (Wildman–Crippen MR) is 108 cm³/mol. The van der Waals surface area contributed by atoms with E-state index in [1.54, 1.807) is 72.8 Å². The molecular weight excluding hydrogens is 376 g/mol. The molecule has 0 saturated heterocycles. The smallest absolute Gasteiger partial charge is 0.281 e. The number of benzene rings is 3. The van der Waals surface area contributed by atoms with Crippen LogP contribution in [0.15, 0.2) is 89.8 Å². The van der Waals surface area contributed by atoms with Gasteiger partial charge in [0.15, 0.2) is 0 Å². The molecule has 0 aliphatic rings. The lowest BCUT2D eigenvalue weighted by Crippen LogP contribution is -2.46. The highest BCUT2D eigenvalue weighted by Gasteiger charge is 2.27. The van der Waals surface area contributed by atoms with E-state index in [0.29, 0.717) is 23.6 Å². The molecule has 1 amide bonds. The van der Waals surface area contributed by atoms with Crippen LogP contribution in [0, 0.1) is 0 Å². The summed E-state index contributed by atoms with van der Waals surface area (Å²) in [5, 5.41) is 0. The normalized spacial score (nSPS) is 10.9. The second-order valence-corrected chi connectivity index (χ2v) is 7.60. The van der Waals surface area contributed by atoms with E-state index in [1.165, 1.54) is 12.1 Å². The number of para-hydroxylation sites is 1. The average molecular weight is 396 g/mol. The lowest BCUT2D eigenvalue weighted by molar-refractivity contribution is 0.0955. The SMILES string of the molecule is CCOc1ccc(S(=O)(=O)N(NC(=O)c2ccccc2)c2ccccc2)cc1. The van der Waals surface area contributed by atoms with Crippen LogP contribution in [0.25, 0.3) is 0 Å². The molecule has 0 aliphatic heterocycles. The molecule has 0 unspecified atom stereocenters. The predicted octanol–water partition coefficient (Wildman–Crippen LogP) is 3.63. The van der Waals surface area contributed by atoms with Crippen molar-refractivity contribution in [2.75, 3.05) is 11.0 Å². The van der Waals surface area contributed by atoms with Crippen LogP contribution < -0.4 is 14.6 Å².